The molecule has 9 heteroatoms. The van der Waals surface area contributed by atoms with E-state index in [0.717, 1.165) is 6.42 Å². The van der Waals surface area contributed by atoms with E-state index in [4.69, 9.17) is 44.3 Å². The van der Waals surface area contributed by atoms with Crippen molar-refractivity contribution < 1.29 is 24.2 Å². The van der Waals surface area contributed by atoms with Gasteiger partial charge in [-0.15, -0.1) is 0 Å². The molecule has 1 N–H and O–H groups in total. The van der Waals surface area contributed by atoms with E-state index in [1.807, 2.05) is 6.92 Å². The molecule has 1 aliphatic heterocycles. The van der Waals surface area contributed by atoms with E-state index in [9.17, 15) is 14.7 Å². The molecule has 1 fully saturated rings. The fourth-order valence-corrected chi connectivity index (χ4v) is 4.54. The van der Waals surface area contributed by atoms with Gasteiger partial charge in [0.25, 0.3) is 11.7 Å². The van der Waals surface area contributed by atoms with Gasteiger partial charge in [0, 0.05) is 11.6 Å². The number of aliphatic hydroxyl groups is 1. The van der Waals surface area contributed by atoms with Gasteiger partial charge in [0.2, 0.25) is 0 Å². The third-order valence-corrected chi connectivity index (χ3v) is 6.15. The lowest BCUT2D eigenvalue weighted by molar-refractivity contribution is -0.139. The number of likely N-dealkylation sites (tertiary alicyclic amines) is 1. The Hall–Kier alpha value is -2.41. The van der Waals surface area contributed by atoms with Gasteiger partial charge in [-0.1, -0.05) is 60.3 Å². The number of unbranched alkanes of at least 4 members (excludes halogenated alkanes) is 1. The molecule has 1 aliphatic rings. The maximum atomic E-state index is 13.1. The number of methoxy groups -OCH3 is 2. The Balaban J connectivity index is 2.27. The SMILES string of the molecule is CCCCN1C(=O)C(=O)/C(=C(/O)c2cc(Cl)c(OC)c(Cl)c2OC)C1c1ccc(Cl)cc1. The summed E-state index contributed by atoms with van der Waals surface area (Å²) in [6.07, 6.45) is 1.52. The monoisotopic (exact) mass is 497 g/mol. The van der Waals surface area contributed by atoms with E-state index in [1.54, 1.807) is 24.3 Å². The maximum absolute atomic E-state index is 13.1. The minimum absolute atomic E-state index is 0.0345. The lowest BCUT2D eigenvalue weighted by Crippen LogP contribution is -2.30. The zero-order valence-corrected chi connectivity index (χ0v) is 20.0. The van der Waals surface area contributed by atoms with Crippen LogP contribution in [0.25, 0.3) is 5.76 Å². The average Bonchev–Trinajstić information content (AvgIpc) is 3.02. The normalized spacial score (nSPS) is 17.7. The molecule has 1 atom stereocenters. The highest BCUT2D eigenvalue weighted by Gasteiger charge is 2.46. The van der Waals surface area contributed by atoms with Crippen LogP contribution < -0.4 is 9.47 Å². The Labute approximate surface area is 201 Å². The van der Waals surface area contributed by atoms with Crippen molar-refractivity contribution in [3.63, 3.8) is 0 Å². The van der Waals surface area contributed by atoms with Gasteiger partial charge in [0.1, 0.15) is 10.8 Å². The van der Waals surface area contributed by atoms with Crippen LogP contribution in [-0.4, -0.2) is 42.5 Å². The van der Waals surface area contributed by atoms with Gasteiger partial charge < -0.3 is 19.5 Å². The number of benzene rings is 2. The standard InChI is InChI=1S/C23H22Cl3NO5/c1-4-5-10-27-18(12-6-8-13(24)9-7-12)16(20(29)23(27)30)19(28)14-11-15(25)22(32-3)17(26)21(14)31-2/h6-9,11,18,28H,4-5,10H2,1-3H3/b19-16+. The number of amides is 1. The summed E-state index contributed by atoms with van der Waals surface area (Å²) >= 11 is 18.7. The summed E-state index contributed by atoms with van der Waals surface area (Å²) in [5.41, 5.74) is 0.635. The lowest BCUT2D eigenvalue weighted by Gasteiger charge is -2.25. The Morgan fingerprint density at radius 2 is 1.69 bits per heavy atom. The van der Waals surface area contributed by atoms with E-state index in [2.05, 4.69) is 0 Å². The smallest absolute Gasteiger partial charge is 0.295 e. The second kappa shape index (κ2) is 10.0. The third kappa shape index (κ3) is 4.27. The van der Waals surface area contributed by atoms with E-state index in [0.29, 0.717) is 23.6 Å². The average molecular weight is 499 g/mol. The largest absolute Gasteiger partial charge is 0.507 e. The van der Waals surface area contributed by atoms with Crippen molar-refractivity contribution >= 4 is 52.3 Å². The summed E-state index contributed by atoms with van der Waals surface area (Å²) in [5, 5.41) is 11.9. The summed E-state index contributed by atoms with van der Waals surface area (Å²) in [4.78, 5) is 27.4. The maximum Gasteiger partial charge on any atom is 0.295 e. The predicted molar refractivity (Wildman–Crippen MR) is 125 cm³/mol. The number of carbonyl (C=O) groups is 2. The number of aliphatic hydroxyl groups excluding tert-OH is 1. The first-order valence-corrected chi connectivity index (χ1v) is 11.0. The van der Waals surface area contributed by atoms with Gasteiger partial charge in [-0.05, 0) is 30.2 Å². The van der Waals surface area contributed by atoms with Crippen molar-refractivity contribution in [1.29, 1.82) is 0 Å². The van der Waals surface area contributed by atoms with Gasteiger partial charge in [-0.2, -0.15) is 0 Å². The quantitative estimate of drug-likeness (QED) is 0.293. The summed E-state index contributed by atoms with van der Waals surface area (Å²) < 4.78 is 10.6. The van der Waals surface area contributed by atoms with E-state index >= 15 is 0 Å². The molecule has 1 saturated heterocycles. The van der Waals surface area contributed by atoms with Crippen LogP contribution in [0.4, 0.5) is 0 Å². The van der Waals surface area contributed by atoms with Crippen molar-refractivity contribution in [3.8, 4) is 11.5 Å². The number of Topliss-reactive ketones (excluding diaryl/α,β-unsaturated/α-hetero) is 1. The van der Waals surface area contributed by atoms with Crippen LogP contribution in [0.15, 0.2) is 35.9 Å². The van der Waals surface area contributed by atoms with Crippen LogP contribution in [0.5, 0.6) is 11.5 Å². The molecule has 1 amide bonds. The molecule has 0 aliphatic carbocycles. The van der Waals surface area contributed by atoms with Gasteiger partial charge in [-0.3, -0.25) is 9.59 Å². The van der Waals surface area contributed by atoms with Crippen molar-refractivity contribution in [2.75, 3.05) is 20.8 Å². The molecule has 0 radical (unpaired) electrons. The number of ketones is 1. The molecular formula is C23H22Cl3NO5. The minimum atomic E-state index is -0.803. The van der Waals surface area contributed by atoms with Gasteiger partial charge in [0.15, 0.2) is 11.5 Å². The highest BCUT2D eigenvalue weighted by molar-refractivity contribution is 6.47. The van der Waals surface area contributed by atoms with Gasteiger partial charge >= 0.3 is 0 Å². The first-order chi connectivity index (χ1) is 15.3. The summed E-state index contributed by atoms with van der Waals surface area (Å²) in [6, 6.07) is 7.35. The van der Waals surface area contributed by atoms with Crippen LogP contribution in [0.3, 0.4) is 0 Å². The Bertz CT molecular complexity index is 1080. The van der Waals surface area contributed by atoms with Crippen LogP contribution in [0, 0.1) is 0 Å². The Morgan fingerprint density at radius 3 is 2.25 bits per heavy atom. The summed E-state index contributed by atoms with van der Waals surface area (Å²) in [7, 11) is 2.76. The van der Waals surface area contributed by atoms with Crippen molar-refractivity contribution in [2.24, 2.45) is 0 Å². The first-order valence-electron chi connectivity index (χ1n) is 9.90. The highest BCUT2D eigenvalue weighted by atomic mass is 35.5. The van der Waals surface area contributed by atoms with Crippen LogP contribution in [-0.2, 0) is 9.59 Å². The highest BCUT2D eigenvalue weighted by Crippen LogP contribution is 2.47. The third-order valence-electron chi connectivity index (χ3n) is 5.27. The van der Waals surface area contributed by atoms with E-state index < -0.39 is 23.5 Å². The van der Waals surface area contributed by atoms with Gasteiger partial charge in [0.05, 0.1) is 36.4 Å². The van der Waals surface area contributed by atoms with E-state index in [-0.39, 0.29) is 32.7 Å². The molecule has 2 aromatic rings. The Morgan fingerprint density at radius 1 is 1.06 bits per heavy atom. The number of nitrogens with zero attached hydrogens (tertiary/aromatic N) is 1. The zero-order chi connectivity index (χ0) is 23.6. The lowest BCUT2D eigenvalue weighted by atomic mass is 9.95. The van der Waals surface area contributed by atoms with Crippen molar-refractivity contribution in [2.45, 2.75) is 25.8 Å². The Kier molecular flexibility index (Phi) is 7.59. The molecule has 6 nitrogen and oxygen atoms in total. The first kappa shape index (κ1) is 24.2. The fraction of sp³-hybridized carbons (Fsp3) is 0.304. The van der Waals surface area contributed by atoms with Crippen molar-refractivity contribution in [1.82, 2.24) is 4.90 Å². The van der Waals surface area contributed by atoms with Crippen LogP contribution in [0.2, 0.25) is 15.1 Å². The molecule has 3 rings (SSSR count). The molecule has 1 unspecified atom stereocenters. The zero-order valence-electron chi connectivity index (χ0n) is 17.7. The van der Waals surface area contributed by atoms with Crippen LogP contribution in [0.1, 0.15) is 36.9 Å². The molecule has 0 bridgehead atoms. The molecule has 32 heavy (non-hydrogen) atoms. The molecule has 0 aromatic heterocycles. The second-order valence-corrected chi connectivity index (χ2v) is 8.41. The molecule has 0 spiro atoms. The fourth-order valence-electron chi connectivity index (χ4n) is 3.72. The molecular weight excluding hydrogens is 477 g/mol. The summed E-state index contributed by atoms with van der Waals surface area (Å²) in [6.45, 7) is 2.34. The minimum Gasteiger partial charge on any atom is -0.507 e. The van der Waals surface area contributed by atoms with E-state index in [1.165, 1.54) is 25.2 Å². The van der Waals surface area contributed by atoms with Crippen LogP contribution >= 0.6 is 34.8 Å². The number of hydrogen-bond acceptors (Lipinski definition) is 5. The second-order valence-electron chi connectivity index (χ2n) is 7.18. The molecule has 170 valence electrons. The molecule has 1 heterocycles. The van der Waals surface area contributed by atoms with Gasteiger partial charge in [-0.25, -0.2) is 0 Å². The number of carbonyl (C=O) groups excluding carboxylic acids is 2. The topological polar surface area (TPSA) is 76.1 Å². The number of rotatable bonds is 7. The molecule has 2 aromatic carbocycles. The predicted octanol–water partition coefficient (Wildman–Crippen LogP) is 5.89. The number of halogens is 3. The summed E-state index contributed by atoms with van der Waals surface area (Å²) in [5.74, 6) is -1.70. The number of hydrogen-bond donors (Lipinski definition) is 1. The molecule has 0 saturated carbocycles. The number of ether oxygens (including phenoxy) is 2. The van der Waals surface area contributed by atoms with Crippen molar-refractivity contribution in [3.05, 3.63) is 62.1 Å².